The van der Waals surface area contributed by atoms with Crippen LogP contribution >= 0.6 is 0 Å². The molecular formula is C13H10F3NO2. The van der Waals surface area contributed by atoms with Gasteiger partial charge in [-0.05, 0) is 35.4 Å². The van der Waals surface area contributed by atoms with Crippen LogP contribution in [0.4, 0.5) is 18.9 Å². The van der Waals surface area contributed by atoms with Crippen LogP contribution in [-0.2, 0) is 0 Å². The molecule has 0 atom stereocenters. The number of phenols is 1. The van der Waals surface area contributed by atoms with E-state index in [0.29, 0.717) is 11.3 Å². The summed E-state index contributed by atoms with van der Waals surface area (Å²) in [5, 5.41) is 9.52. The Hall–Kier alpha value is -2.37. The molecule has 0 aliphatic carbocycles. The summed E-state index contributed by atoms with van der Waals surface area (Å²) in [5.41, 5.74) is 7.39. The van der Waals surface area contributed by atoms with Crippen molar-refractivity contribution in [2.24, 2.45) is 0 Å². The van der Waals surface area contributed by atoms with Crippen molar-refractivity contribution in [3.05, 3.63) is 42.5 Å². The maximum absolute atomic E-state index is 12.0. The molecule has 2 aromatic rings. The van der Waals surface area contributed by atoms with Crippen LogP contribution in [0.5, 0.6) is 11.5 Å². The van der Waals surface area contributed by atoms with Crippen molar-refractivity contribution in [2.45, 2.75) is 6.36 Å². The largest absolute Gasteiger partial charge is 0.573 e. The molecule has 0 aliphatic heterocycles. The standard InChI is InChI=1S/C13H10F3NO2/c14-13(15,16)19-12-6-3-9(7-11(12)18)8-1-4-10(17)5-2-8/h1-7,18H,17H2. The number of rotatable bonds is 2. The van der Waals surface area contributed by atoms with Crippen molar-refractivity contribution < 1.29 is 23.0 Å². The summed E-state index contributed by atoms with van der Waals surface area (Å²) in [7, 11) is 0. The van der Waals surface area contributed by atoms with Crippen LogP contribution in [0.2, 0.25) is 0 Å². The van der Waals surface area contributed by atoms with Gasteiger partial charge in [0.2, 0.25) is 0 Å². The van der Waals surface area contributed by atoms with Gasteiger partial charge in [0.05, 0.1) is 0 Å². The summed E-state index contributed by atoms with van der Waals surface area (Å²) in [6.07, 6.45) is -4.83. The van der Waals surface area contributed by atoms with E-state index in [4.69, 9.17) is 5.73 Å². The van der Waals surface area contributed by atoms with E-state index in [9.17, 15) is 18.3 Å². The molecule has 0 saturated carbocycles. The molecule has 0 unspecified atom stereocenters. The lowest BCUT2D eigenvalue weighted by molar-refractivity contribution is -0.275. The van der Waals surface area contributed by atoms with E-state index in [-0.39, 0.29) is 0 Å². The molecule has 0 aliphatic rings. The minimum absolute atomic E-state index is 0.562. The third-order valence-electron chi connectivity index (χ3n) is 2.43. The SMILES string of the molecule is Nc1ccc(-c2ccc(OC(F)(F)F)c(O)c2)cc1. The number of ether oxygens (including phenoxy) is 1. The van der Waals surface area contributed by atoms with Crippen molar-refractivity contribution in [1.29, 1.82) is 0 Å². The van der Waals surface area contributed by atoms with Crippen molar-refractivity contribution in [3.8, 4) is 22.6 Å². The Morgan fingerprint density at radius 3 is 2.05 bits per heavy atom. The number of alkyl halides is 3. The Bertz CT molecular complexity index is 579. The highest BCUT2D eigenvalue weighted by Crippen LogP contribution is 2.34. The van der Waals surface area contributed by atoms with Gasteiger partial charge < -0.3 is 15.6 Å². The van der Waals surface area contributed by atoms with Gasteiger partial charge in [0.25, 0.3) is 0 Å². The van der Waals surface area contributed by atoms with Gasteiger partial charge in [0.1, 0.15) is 0 Å². The van der Waals surface area contributed by atoms with E-state index in [0.717, 1.165) is 11.6 Å². The molecule has 0 fully saturated rings. The first kappa shape index (κ1) is 13.1. The summed E-state index contributed by atoms with van der Waals surface area (Å²) in [4.78, 5) is 0. The van der Waals surface area contributed by atoms with Gasteiger partial charge in [-0.1, -0.05) is 18.2 Å². The monoisotopic (exact) mass is 269 g/mol. The zero-order chi connectivity index (χ0) is 14.0. The second-order valence-corrected chi connectivity index (χ2v) is 3.85. The Morgan fingerprint density at radius 2 is 1.53 bits per heavy atom. The van der Waals surface area contributed by atoms with E-state index in [1.165, 1.54) is 12.1 Å². The Balaban J connectivity index is 2.31. The fourth-order valence-electron chi connectivity index (χ4n) is 1.58. The first-order valence-corrected chi connectivity index (χ1v) is 5.30. The predicted octanol–water partition coefficient (Wildman–Crippen LogP) is 3.54. The quantitative estimate of drug-likeness (QED) is 0.820. The van der Waals surface area contributed by atoms with E-state index < -0.39 is 17.9 Å². The van der Waals surface area contributed by atoms with Crippen molar-refractivity contribution in [2.75, 3.05) is 5.73 Å². The molecule has 0 amide bonds. The number of aromatic hydroxyl groups is 1. The average molecular weight is 269 g/mol. The second kappa shape index (κ2) is 4.72. The summed E-state index contributed by atoms with van der Waals surface area (Å²) in [6, 6.07) is 10.4. The molecule has 19 heavy (non-hydrogen) atoms. The number of halogens is 3. The normalized spacial score (nSPS) is 11.3. The number of phenolic OH excluding ortho intramolecular Hbond substituents is 1. The molecule has 0 bridgehead atoms. The van der Waals surface area contributed by atoms with Crippen molar-refractivity contribution in [1.82, 2.24) is 0 Å². The fraction of sp³-hybridized carbons (Fsp3) is 0.0769. The van der Waals surface area contributed by atoms with Crippen LogP contribution in [0.3, 0.4) is 0 Å². The number of benzene rings is 2. The highest BCUT2D eigenvalue weighted by atomic mass is 19.4. The second-order valence-electron chi connectivity index (χ2n) is 3.85. The molecule has 0 heterocycles. The molecule has 100 valence electrons. The summed E-state index contributed by atoms with van der Waals surface area (Å²) < 4.78 is 39.8. The molecule has 2 rings (SSSR count). The summed E-state index contributed by atoms with van der Waals surface area (Å²) in [6.45, 7) is 0. The number of nitrogens with two attached hydrogens (primary N) is 1. The van der Waals surface area contributed by atoms with Crippen LogP contribution in [0, 0.1) is 0 Å². The number of anilines is 1. The molecule has 0 radical (unpaired) electrons. The maximum atomic E-state index is 12.0. The van der Waals surface area contributed by atoms with Crippen LogP contribution in [0.15, 0.2) is 42.5 Å². The number of hydrogen-bond donors (Lipinski definition) is 2. The van der Waals surface area contributed by atoms with Crippen LogP contribution in [0.1, 0.15) is 0 Å². The molecule has 3 nitrogen and oxygen atoms in total. The van der Waals surface area contributed by atoms with Gasteiger partial charge in [-0.15, -0.1) is 13.2 Å². The zero-order valence-corrected chi connectivity index (χ0v) is 9.61. The van der Waals surface area contributed by atoms with Gasteiger partial charge in [-0.2, -0.15) is 0 Å². The molecule has 2 aromatic carbocycles. The highest BCUT2D eigenvalue weighted by molar-refractivity contribution is 5.68. The number of hydrogen-bond acceptors (Lipinski definition) is 3. The van der Waals surface area contributed by atoms with Crippen LogP contribution in [-0.4, -0.2) is 11.5 Å². The molecule has 3 N–H and O–H groups in total. The molecular weight excluding hydrogens is 259 g/mol. The van der Waals surface area contributed by atoms with Crippen LogP contribution in [0.25, 0.3) is 11.1 Å². The molecule has 0 spiro atoms. The highest BCUT2D eigenvalue weighted by Gasteiger charge is 2.32. The summed E-state index contributed by atoms with van der Waals surface area (Å²) in [5.74, 6) is -1.21. The van der Waals surface area contributed by atoms with Crippen molar-refractivity contribution in [3.63, 3.8) is 0 Å². The van der Waals surface area contributed by atoms with Gasteiger partial charge in [-0.25, -0.2) is 0 Å². The van der Waals surface area contributed by atoms with Gasteiger partial charge in [0, 0.05) is 5.69 Å². The topological polar surface area (TPSA) is 55.5 Å². The van der Waals surface area contributed by atoms with Crippen LogP contribution < -0.4 is 10.5 Å². The van der Waals surface area contributed by atoms with E-state index in [1.54, 1.807) is 24.3 Å². The zero-order valence-electron chi connectivity index (χ0n) is 9.61. The third-order valence-corrected chi connectivity index (χ3v) is 2.43. The molecule has 6 heteroatoms. The minimum atomic E-state index is -4.83. The maximum Gasteiger partial charge on any atom is 0.573 e. The Kier molecular flexibility index (Phi) is 3.25. The predicted molar refractivity (Wildman–Crippen MR) is 64.6 cm³/mol. The smallest absolute Gasteiger partial charge is 0.504 e. The first-order chi connectivity index (χ1) is 8.85. The Labute approximate surface area is 107 Å². The van der Waals surface area contributed by atoms with Crippen molar-refractivity contribution >= 4 is 5.69 Å². The van der Waals surface area contributed by atoms with E-state index in [1.807, 2.05) is 0 Å². The molecule has 0 saturated heterocycles. The fourth-order valence-corrected chi connectivity index (χ4v) is 1.58. The first-order valence-electron chi connectivity index (χ1n) is 5.30. The average Bonchev–Trinajstić information content (AvgIpc) is 2.31. The van der Waals surface area contributed by atoms with E-state index in [2.05, 4.69) is 4.74 Å². The van der Waals surface area contributed by atoms with Gasteiger partial charge >= 0.3 is 6.36 Å². The van der Waals surface area contributed by atoms with Gasteiger partial charge in [-0.3, -0.25) is 0 Å². The number of nitrogen functional groups attached to an aromatic ring is 1. The lowest BCUT2D eigenvalue weighted by Gasteiger charge is -2.11. The molecule has 0 aromatic heterocycles. The lowest BCUT2D eigenvalue weighted by Crippen LogP contribution is -2.17. The van der Waals surface area contributed by atoms with Gasteiger partial charge in [0.15, 0.2) is 11.5 Å². The lowest BCUT2D eigenvalue weighted by atomic mass is 10.0. The van der Waals surface area contributed by atoms with E-state index >= 15 is 0 Å². The Morgan fingerprint density at radius 1 is 0.947 bits per heavy atom. The summed E-state index contributed by atoms with van der Waals surface area (Å²) >= 11 is 0. The third kappa shape index (κ3) is 3.31. The minimum Gasteiger partial charge on any atom is -0.504 e.